The molecular weight excluding hydrogens is 444 g/mol. The number of carbonyl (C=O) groups is 1. The molecule has 8 nitrogen and oxygen atoms in total. The quantitative estimate of drug-likeness (QED) is 0.621. The molecule has 0 aromatic heterocycles. The molecule has 3 rings (SSSR count). The van der Waals surface area contributed by atoms with Crippen LogP contribution >= 0.6 is 0 Å². The van der Waals surface area contributed by atoms with Gasteiger partial charge in [-0.2, -0.15) is 4.31 Å². The van der Waals surface area contributed by atoms with Crippen LogP contribution in [0, 0.1) is 23.7 Å². The fourth-order valence-corrected chi connectivity index (χ4v) is 5.86. The Labute approximate surface area is 196 Å². The smallest absolute Gasteiger partial charge is 0.247 e. The Bertz CT molecular complexity index is 1030. The molecule has 0 spiro atoms. The van der Waals surface area contributed by atoms with Crippen molar-refractivity contribution in [2.75, 3.05) is 26.7 Å². The van der Waals surface area contributed by atoms with Crippen LogP contribution < -0.4 is 4.74 Å². The number of rotatable bonds is 5. The van der Waals surface area contributed by atoms with E-state index in [-0.39, 0.29) is 41.5 Å². The van der Waals surface area contributed by atoms with Crippen LogP contribution in [0.25, 0.3) is 0 Å². The maximum absolute atomic E-state index is 13.5. The van der Waals surface area contributed by atoms with Gasteiger partial charge >= 0.3 is 0 Å². The summed E-state index contributed by atoms with van der Waals surface area (Å²) in [6.45, 7) is 5.26. The molecule has 2 aliphatic rings. The van der Waals surface area contributed by atoms with E-state index < -0.39 is 28.3 Å². The second-order valence-electron chi connectivity index (χ2n) is 9.19. The predicted molar refractivity (Wildman–Crippen MR) is 124 cm³/mol. The molecule has 0 saturated heterocycles. The SMILES string of the molecule is C[C@@H]1CN([C@H](C)CO)S(=O)(=O)c2ccc(C#C[C@@H](C)O)cc2O[C@H]1CN(C)C(=O)C1CCC1. The van der Waals surface area contributed by atoms with E-state index in [0.717, 1.165) is 19.3 Å². The maximum Gasteiger partial charge on any atom is 0.247 e. The monoisotopic (exact) mass is 478 g/mol. The first kappa shape index (κ1) is 25.5. The van der Waals surface area contributed by atoms with Crippen LogP contribution in [0.1, 0.15) is 45.6 Å². The van der Waals surface area contributed by atoms with Crippen molar-refractivity contribution in [1.29, 1.82) is 0 Å². The third-order valence-corrected chi connectivity index (χ3v) is 8.40. The molecule has 9 heteroatoms. The van der Waals surface area contributed by atoms with E-state index in [1.165, 1.54) is 10.4 Å². The molecule has 2 N–H and O–H groups in total. The van der Waals surface area contributed by atoms with Crippen LogP contribution in [-0.4, -0.2) is 78.7 Å². The topological polar surface area (TPSA) is 107 Å². The zero-order chi connectivity index (χ0) is 24.3. The van der Waals surface area contributed by atoms with E-state index in [0.29, 0.717) is 12.1 Å². The summed E-state index contributed by atoms with van der Waals surface area (Å²) in [5, 5.41) is 19.2. The summed E-state index contributed by atoms with van der Waals surface area (Å²) < 4.78 is 34.5. The number of amides is 1. The second kappa shape index (κ2) is 10.4. The highest BCUT2D eigenvalue weighted by atomic mass is 32.2. The Morgan fingerprint density at radius 3 is 2.61 bits per heavy atom. The van der Waals surface area contributed by atoms with E-state index in [4.69, 9.17) is 4.74 Å². The van der Waals surface area contributed by atoms with Gasteiger partial charge in [0.05, 0.1) is 13.2 Å². The molecule has 1 aromatic carbocycles. The van der Waals surface area contributed by atoms with Gasteiger partial charge in [-0.25, -0.2) is 8.42 Å². The van der Waals surface area contributed by atoms with Gasteiger partial charge in [0.15, 0.2) is 0 Å². The number of hydrogen-bond donors (Lipinski definition) is 2. The Balaban J connectivity index is 2.01. The van der Waals surface area contributed by atoms with Crippen molar-refractivity contribution in [3.8, 4) is 17.6 Å². The lowest BCUT2D eigenvalue weighted by atomic mass is 9.84. The number of carbonyl (C=O) groups excluding carboxylic acids is 1. The minimum absolute atomic E-state index is 0.00438. The normalized spacial score (nSPS) is 24.5. The van der Waals surface area contributed by atoms with Crippen molar-refractivity contribution >= 4 is 15.9 Å². The molecule has 1 fully saturated rings. The van der Waals surface area contributed by atoms with E-state index in [1.807, 2.05) is 6.92 Å². The fourth-order valence-electron chi connectivity index (χ4n) is 4.04. The molecule has 1 saturated carbocycles. The largest absolute Gasteiger partial charge is 0.487 e. The van der Waals surface area contributed by atoms with Crippen LogP contribution in [0.15, 0.2) is 23.1 Å². The Morgan fingerprint density at radius 2 is 2.03 bits per heavy atom. The van der Waals surface area contributed by atoms with E-state index >= 15 is 0 Å². The molecule has 1 amide bonds. The summed E-state index contributed by atoms with van der Waals surface area (Å²) in [6.07, 6.45) is 1.59. The lowest BCUT2D eigenvalue weighted by Gasteiger charge is -2.38. The van der Waals surface area contributed by atoms with Crippen molar-refractivity contribution in [2.45, 2.75) is 63.2 Å². The first-order valence-electron chi connectivity index (χ1n) is 11.4. The van der Waals surface area contributed by atoms with Crippen LogP contribution in [-0.2, 0) is 14.8 Å². The standard InChI is InChI=1S/C24H34N2O6S/c1-16-13-26(17(2)15-27)33(30,31)23-11-10-19(9-8-18(3)28)12-21(23)32-22(16)14-25(4)24(29)20-6-5-7-20/h10-12,16-18,20,22,27-28H,5-7,13-15H2,1-4H3/t16-,17-,18-,22+/m1/s1. The van der Waals surface area contributed by atoms with Crippen LogP contribution in [0.3, 0.4) is 0 Å². The van der Waals surface area contributed by atoms with E-state index in [1.54, 1.807) is 37.9 Å². The molecule has 182 valence electrons. The minimum atomic E-state index is -3.94. The van der Waals surface area contributed by atoms with Crippen molar-refractivity contribution in [3.63, 3.8) is 0 Å². The fraction of sp³-hybridized carbons (Fsp3) is 0.625. The highest BCUT2D eigenvalue weighted by Crippen LogP contribution is 2.34. The predicted octanol–water partition coefficient (Wildman–Crippen LogP) is 1.45. The van der Waals surface area contributed by atoms with Crippen LogP contribution in [0.4, 0.5) is 0 Å². The maximum atomic E-state index is 13.5. The van der Waals surface area contributed by atoms with Gasteiger partial charge in [-0.15, -0.1) is 0 Å². The van der Waals surface area contributed by atoms with Gasteiger partial charge in [0.2, 0.25) is 15.9 Å². The highest BCUT2D eigenvalue weighted by molar-refractivity contribution is 7.89. The molecular formula is C24H34N2O6S. The number of aliphatic hydroxyl groups excluding tert-OH is 2. The van der Waals surface area contributed by atoms with Crippen molar-refractivity contribution in [1.82, 2.24) is 9.21 Å². The van der Waals surface area contributed by atoms with Gasteiger partial charge in [-0.05, 0) is 44.9 Å². The lowest BCUT2D eigenvalue weighted by molar-refractivity contribution is -0.138. The van der Waals surface area contributed by atoms with Gasteiger partial charge in [0, 0.05) is 37.0 Å². The molecule has 1 aliphatic heterocycles. The number of fused-ring (bicyclic) bond motifs is 1. The Kier molecular flexibility index (Phi) is 8.06. The first-order chi connectivity index (χ1) is 15.5. The van der Waals surface area contributed by atoms with Crippen molar-refractivity contribution in [3.05, 3.63) is 23.8 Å². The second-order valence-corrected chi connectivity index (χ2v) is 11.1. The van der Waals surface area contributed by atoms with Gasteiger partial charge in [-0.1, -0.05) is 25.2 Å². The van der Waals surface area contributed by atoms with Crippen molar-refractivity contribution < 1.29 is 28.2 Å². The molecule has 0 radical (unpaired) electrons. The summed E-state index contributed by atoms with van der Waals surface area (Å²) in [6, 6.07) is 3.96. The molecule has 1 aliphatic carbocycles. The summed E-state index contributed by atoms with van der Waals surface area (Å²) in [7, 11) is -2.19. The molecule has 0 bridgehead atoms. The summed E-state index contributed by atoms with van der Waals surface area (Å²) in [5.41, 5.74) is 0.512. The average molecular weight is 479 g/mol. The molecule has 1 heterocycles. The number of hydrogen-bond acceptors (Lipinski definition) is 6. The van der Waals surface area contributed by atoms with Gasteiger partial charge in [0.25, 0.3) is 0 Å². The summed E-state index contributed by atoms with van der Waals surface area (Å²) in [5.74, 6) is 5.53. The number of benzene rings is 1. The highest BCUT2D eigenvalue weighted by Gasteiger charge is 2.39. The molecule has 4 atom stereocenters. The number of nitrogens with zero attached hydrogens (tertiary/aromatic N) is 2. The number of ether oxygens (including phenoxy) is 1. The minimum Gasteiger partial charge on any atom is -0.487 e. The zero-order valence-electron chi connectivity index (χ0n) is 19.7. The molecule has 0 unspecified atom stereocenters. The summed E-state index contributed by atoms with van der Waals surface area (Å²) >= 11 is 0. The summed E-state index contributed by atoms with van der Waals surface area (Å²) in [4.78, 5) is 14.4. The van der Waals surface area contributed by atoms with Gasteiger partial charge in [0.1, 0.15) is 22.9 Å². The van der Waals surface area contributed by atoms with Gasteiger partial charge in [-0.3, -0.25) is 4.79 Å². The van der Waals surface area contributed by atoms with Crippen molar-refractivity contribution in [2.24, 2.45) is 11.8 Å². The van der Waals surface area contributed by atoms with Crippen LogP contribution in [0.5, 0.6) is 5.75 Å². The third-order valence-electron chi connectivity index (χ3n) is 6.38. The number of likely N-dealkylation sites (N-methyl/N-ethyl adjacent to an activating group) is 1. The Morgan fingerprint density at radius 1 is 1.33 bits per heavy atom. The number of sulfonamides is 1. The molecule has 1 aromatic rings. The average Bonchev–Trinajstić information content (AvgIpc) is 2.72. The zero-order valence-corrected chi connectivity index (χ0v) is 20.5. The lowest BCUT2D eigenvalue weighted by Crippen LogP contribution is -2.50. The van der Waals surface area contributed by atoms with E-state index in [9.17, 15) is 23.4 Å². The van der Waals surface area contributed by atoms with Crippen LogP contribution in [0.2, 0.25) is 0 Å². The molecule has 33 heavy (non-hydrogen) atoms. The Hall–Kier alpha value is -2.12. The van der Waals surface area contributed by atoms with E-state index in [2.05, 4.69) is 11.8 Å². The number of aliphatic hydroxyl groups is 2. The third kappa shape index (κ3) is 5.69. The first-order valence-corrected chi connectivity index (χ1v) is 12.9. The van der Waals surface area contributed by atoms with Gasteiger partial charge < -0.3 is 19.8 Å².